The zero-order chi connectivity index (χ0) is 19.8. The van der Waals surface area contributed by atoms with E-state index in [-0.39, 0.29) is 6.10 Å². The second kappa shape index (κ2) is 14.9. The average molecular weight is 372 g/mol. The van der Waals surface area contributed by atoms with Crippen LogP contribution in [0.2, 0.25) is 0 Å². The fraction of sp³-hybridized carbons (Fsp3) is 0.529. The van der Waals surface area contributed by atoms with Gasteiger partial charge in [0.25, 0.3) is 0 Å². The molecule has 0 aliphatic carbocycles. The van der Waals surface area contributed by atoms with E-state index in [1.54, 1.807) is 0 Å². The van der Waals surface area contributed by atoms with Gasteiger partial charge in [-0.1, -0.05) is 12.1 Å². The molecule has 148 valence electrons. The fourth-order valence-corrected chi connectivity index (χ4v) is 1.60. The average Bonchev–Trinajstić information content (AvgIpc) is 2.58. The number of carboxylic acid groups (broad SMARTS) is 2. The molecule has 0 atom stereocenters. The molecule has 0 saturated heterocycles. The zero-order valence-corrected chi connectivity index (χ0v) is 15.1. The normalized spacial score (nSPS) is 10.0. The van der Waals surface area contributed by atoms with E-state index in [0.29, 0.717) is 26.4 Å². The molecule has 0 aliphatic rings. The lowest BCUT2D eigenvalue weighted by Gasteiger charge is -2.14. The van der Waals surface area contributed by atoms with Gasteiger partial charge in [-0.25, -0.2) is 9.59 Å². The number of aliphatic carboxylic acids is 2. The maximum Gasteiger partial charge on any atom is 0.414 e. The van der Waals surface area contributed by atoms with Crippen LogP contribution in [-0.2, 0) is 14.3 Å². The summed E-state index contributed by atoms with van der Waals surface area (Å²) in [5, 5.41) is 17.9. The fourth-order valence-electron chi connectivity index (χ4n) is 1.60. The molecule has 0 aromatic heterocycles. The second-order valence-corrected chi connectivity index (χ2v) is 5.22. The molecule has 26 heavy (non-hydrogen) atoms. The molecule has 0 fully saturated rings. The van der Waals surface area contributed by atoms with Crippen molar-refractivity contribution in [1.29, 1.82) is 0 Å². The van der Waals surface area contributed by atoms with E-state index in [9.17, 15) is 0 Å². The highest BCUT2D eigenvalue weighted by molar-refractivity contribution is 6.27. The van der Waals surface area contributed by atoms with Crippen molar-refractivity contribution < 1.29 is 34.0 Å². The van der Waals surface area contributed by atoms with Crippen LogP contribution in [0.25, 0.3) is 0 Å². The van der Waals surface area contributed by atoms with Crippen LogP contribution in [-0.4, -0.2) is 67.7 Å². The van der Waals surface area contributed by atoms with Gasteiger partial charge in [0.15, 0.2) is 11.5 Å². The molecular formula is C17H28N2O7. The van der Waals surface area contributed by atoms with Gasteiger partial charge in [-0.3, -0.25) is 0 Å². The van der Waals surface area contributed by atoms with Crippen molar-refractivity contribution >= 4 is 11.9 Å². The van der Waals surface area contributed by atoms with Crippen LogP contribution in [0.4, 0.5) is 0 Å². The smallest absolute Gasteiger partial charge is 0.414 e. The number of carboxylic acids is 2. The molecule has 0 saturated carbocycles. The molecule has 0 bridgehead atoms. The third-order valence-electron chi connectivity index (χ3n) is 2.62. The summed E-state index contributed by atoms with van der Waals surface area (Å²) in [6, 6.07) is 7.68. The molecule has 0 radical (unpaired) electrons. The van der Waals surface area contributed by atoms with Crippen molar-refractivity contribution in [3.63, 3.8) is 0 Å². The molecule has 0 amide bonds. The number of ether oxygens (including phenoxy) is 3. The lowest BCUT2D eigenvalue weighted by Crippen LogP contribution is -2.26. The summed E-state index contributed by atoms with van der Waals surface area (Å²) in [4.78, 5) is 18.2. The molecule has 0 aliphatic heterocycles. The quantitative estimate of drug-likeness (QED) is 0.324. The van der Waals surface area contributed by atoms with Crippen LogP contribution in [0.1, 0.15) is 13.8 Å². The van der Waals surface area contributed by atoms with Crippen molar-refractivity contribution in [2.45, 2.75) is 20.0 Å². The van der Waals surface area contributed by atoms with E-state index in [4.69, 9.17) is 39.7 Å². The maximum absolute atomic E-state index is 9.10. The number of nitrogens with one attached hydrogen (secondary N) is 1. The molecule has 9 heteroatoms. The first-order chi connectivity index (χ1) is 12.4. The number of para-hydroxylation sites is 2. The van der Waals surface area contributed by atoms with Crippen LogP contribution < -0.4 is 20.5 Å². The van der Waals surface area contributed by atoms with Crippen LogP contribution in [0.15, 0.2) is 24.3 Å². The summed E-state index contributed by atoms with van der Waals surface area (Å²) >= 11 is 0. The molecule has 1 aromatic carbocycles. The lowest BCUT2D eigenvalue weighted by molar-refractivity contribution is -0.159. The van der Waals surface area contributed by atoms with Gasteiger partial charge < -0.3 is 35.5 Å². The van der Waals surface area contributed by atoms with Crippen LogP contribution in [0, 0.1) is 0 Å². The second-order valence-electron chi connectivity index (χ2n) is 5.22. The Balaban J connectivity index is 0.000000896. The number of benzene rings is 1. The third kappa shape index (κ3) is 13.0. The van der Waals surface area contributed by atoms with Gasteiger partial charge in [0, 0.05) is 19.6 Å². The van der Waals surface area contributed by atoms with E-state index < -0.39 is 11.9 Å². The van der Waals surface area contributed by atoms with Crippen LogP contribution in [0.5, 0.6) is 11.5 Å². The highest BCUT2D eigenvalue weighted by Gasteiger charge is 2.05. The Kier molecular flexibility index (Phi) is 13.6. The Morgan fingerprint density at radius 1 is 1.04 bits per heavy atom. The van der Waals surface area contributed by atoms with Crippen molar-refractivity contribution in [3.8, 4) is 11.5 Å². The van der Waals surface area contributed by atoms with Gasteiger partial charge in [-0.2, -0.15) is 0 Å². The first-order valence-electron chi connectivity index (χ1n) is 8.21. The van der Waals surface area contributed by atoms with Crippen molar-refractivity contribution in [1.82, 2.24) is 5.32 Å². The van der Waals surface area contributed by atoms with E-state index >= 15 is 0 Å². The number of carbonyl (C=O) groups is 2. The Morgan fingerprint density at radius 2 is 1.65 bits per heavy atom. The molecule has 1 rings (SSSR count). The van der Waals surface area contributed by atoms with E-state index in [2.05, 4.69) is 5.32 Å². The number of hydrogen-bond donors (Lipinski definition) is 4. The summed E-state index contributed by atoms with van der Waals surface area (Å²) in [5.74, 6) is -2.12. The molecule has 0 unspecified atom stereocenters. The minimum atomic E-state index is -1.82. The highest BCUT2D eigenvalue weighted by atomic mass is 16.5. The molecule has 9 nitrogen and oxygen atoms in total. The summed E-state index contributed by atoms with van der Waals surface area (Å²) in [6.07, 6.45) is 0.129. The van der Waals surface area contributed by atoms with E-state index in [1.807, 2.05) is 38.1 Å². The lowest BCUT2D eigenvalue weighted by atomic mass is 10.3. The standard InChI is InChI=1S/C15H26N2O3.C2H2O4/c1-13(2)20-15-6-4-3-5-14(15)19-12-11-18-10-9-17-8-7-16;3-1(4)2(5)6/h3-6,13,17H,7-12,16H2,1-2H3;(H,3,4)(H,5,6). The van der Waals surface area contributed by atoms with Crippen molar-refractivity contribution in [3.05, 3.63) is 24.3 Å². The summed E-state index contributed by atoms with van der Waals surface area (Å²) < 4.78 is 16.8. The van der Waals surface area contributed by atoms with Crippen LogP contribution in [0.3, 0.4) is 0 Å². The topological polar surface area (TPSA) is 140 Å². The first kappa shape index (κ1) is 23.6. The Morgan fingerprint density at radius 3 is 2.19 bits per heavy atom. The highest BCUT2D eigenvalue weighted by Crippen LogP contribution is 2.27. The van der Waals surface area contributed by atoms with Crippen molar-refractivity contribution in [2.75, 3.05) is 39.5 Å². The number of nitrogens with two attached hydrogens (primary N) is 1. The van der Waals surface area contributed by atoms with Gasteiger partial charge in [-0.15, -0.1) is 0 Å². The predicted octanol–water partition coefficient (Wildman–Crippen LogP) is 0.573. The Bertz CT molecular complexity index is 512. The number of rotatable bonds is 11. The maximum atomic E-state index is 9.10. The van der Waals surface area contributed by atoms with Crippen LogP contribution >= 0.6 is 0 Å². The molecule has 5 N–H and O–H groups in total. The first-order valence-corrected chi connectivity index (χ1v) is 8.21. The van der Waals surface area contributed by atoms with Gasteiger partial charge in [0.2, 0.25) is 0 Å². The van der Waals surface area contributed by atoms with Gasteiger partial charge in [-0.05, 0) is 26.0 Å². The monoisotopic (exact) mass is 372 g/mol. The van der Waals surface area contributed by atoms with E-state index in [1.165, 1.54) is 0 Å². The zero-order valence-electron chi connectivity index (χ0n) is 15.1. The van der Waals surface area contributed by atoms with Gasteiger partial charge in [0.05, 0.1) is 19.3 Å². The minimum Gasteiger partial charge on any atom is -0.487 e. The van der Waals surface area contributed by atoms with Gasteiger partial charge >= 0.3 is 11.9 Å². The third-order valence-corrected chi connectivity index (χ3v) is 2.62. The molecule has 1 aromatic rings. The largest absolute Gasteiger partial charge is 0.487 e. The SMILES string of the molecule is CC(C)Oc1ccccc1OCCOCCNCCN.O=C(O)C(=O)O. The van der Waals surface area contributed by atoms with Gasteiger partial charge in [0.1, 0.15) is 6.61 Å². The van der Waals surface area contributed by atoms with Crippen molar-refractivity contribution in [2.24, 2.45) is 5.73 Å². The summed E-state index contributed by atoms with van der Waals surface area (Å²) in [6.45, 7) is 7.99. The Hall–Kier alpha value is -2.36. The van der Waals surface area contributed by atoms with E-state index in [0.717, 1.165) is 24.6 Å². The summed E-state index contributed by atoms with van der Waals surface area (Å²) in [7, 11) is 0. The minimum absolute atomic E-state index is 0.129. The summed E-state index contributed by atoms with van der Waals surface area (Å²) in [5.41, 5.74) is 5.37. The number of hydrogen-bond acceptors (Lipinski definition) is 7. The predicted molar refractivity (Wildman–Crippen MR) is 95.7 cm³/mol. The molecule has 0 spiro atoms. The Labute approximate surface area is 153 Å². The molecular weight excluding hydrogens is 344 g/mol. The molecule has 0 heterocycles.